The number of anilines is 2. The predicted octanol–water partition coefficient (Wildman–Crippen LogP) is 3.26. The van der Waals surface area contributed by atoms with Crippen LogP contribution in [-0.2, 0) is 4.79 Å². The number of nitrogen functional groups attached to an aromatic ring is 1. The number of nitrogens with two attached hydrogens (primary N) is 1. The van der Waals surface area contributed by atoms with Gasteiger partial charge in [-0.05, 0) is 24.1 Å². The molecule has 0 aliphatic rings. The van der Waals surface area contributed by atoms with Crippen molar-refractivity contribution < 1.29 is 4.79 Å². The minimum atomic E-state index is -0.0250. The molecule has 0 spiro atoms. The van der Waals surface area contributed by atoms with Gasteiger partial charge in [0, 0.05) is 10.4 Å². The molecule has 0 saturated carbocycles. The van der Waals surface area contributed by atoms with Crippen molar-refractivity contribution in [1.82, 2.24) is 0 Å². The molecule has 0 saturated heterocycles. The van der Waals surface area contributed by atoms with Crippen LogP contribution in [0.4, 0.5) is 11.4 Å². The third kappa shape index (κ3) is 3.23. The van der Waals surface area contributed by atoms with Crippen LogP contribution in [0, 0.1) is 11.8 Å². The Morgan fingerprint density at radius 3 is 2.50 bits per heavy atom. The standard InChI is InChI=1S/C12H17BrN2O/c1-7(2)8(3)12(16)15-11-5-4-9(13)6-10(11)14/h4-8H,14H2,1-3H3,(H,15,16). The van der Waals surface area contributed by atoms with Crippen LogP contribution in [0.5, 0.6) is 0 Å². The lowest BCUT2D eigenvalue weighted by molar-refractivity contribution is -0.120. The summed E-state index contributed by atoms with van der Waals surface area (Å²) in [6.45, 7) is 5.96. The van der Waals surface area contributed by atoms with Gasteiger partial charge in [0.05, 0.1) is 11.4 Å². The fourth-order valence-corrected chi connectivity index (χ4v) is 1.58. The molecule has 1 amide bonds. The molecule has 1 unspecified atom stereocenters. The van der Waals surface area contributed by atoms with Gasteiger partial charge in [-0.25, -0.2) is 0 Å². The average Bonchev–Trinajstić information content (AvgIpc) is 2.20. The second-order valence-corrected chi connectivity index (χ2v) is 5.17. The lowest BCUT2D eigenvalue weighted by atomic mass is 9.97. The quantitative estimate of drug-likeness (QED) is 0.837. The van der Waals surface area contributed by atoms with Crippen LogP contribution in [0.2, 0.25) is 0 Å². The summed E-state index contributed by atoms with van der Waals surface area (Å²) in [5.41, 5.74) is 7.04. The number of hydrogen-bond donors (Lipinski definition) is 2. The second kappa shape index (κ2) is 5.34. The van der Waals surface area contributed by atoms with Gasteiger partial charge in [0.15, 0.2) is 0 Å². The fraction of sp³-hybridized carbons (Fsp3) is 0.417. The van der Waals surface area contributed by atoms with Crippen LogP contribution in [0.1, 0.15) is 20.8 Å². The van der Waals surface area contributed by atoms with Crippen molar-refractivity contribution in [2.45, 2.75) is 20.8 Å². The molecule has 3 nitrogen and oxygen atoms in total. The van der Waals surface area contributed by atoms with Crippen LogP contribution in [-0.4, -0.2) is 5.91 Å². The van der Waals surface area contributed by atoms with Crippen molar-refractivity contribution in [2.75, 3.05) is 11.1 Å². The largest absolute Gasteiger partial charge is 0.397 e. The number of benzene rings is 1. The van der Waals surface area contributed by atoms with E-state index < -0.39 is 0 Å². The van der Waals surface area contributed by atoms with Crippen LogP contribution in [0.3, 0.4) is 0 Å². The molecule has 0 heterocycles. The van der Waals surface area contributed by atoms with E-state index in [1.54, 1.807) is 12.1 Å². The van der Waals surface area contributed by atoms with E-state index in [1.807, 2.05) is 26.8 Å². The zero-order valence-electron chi connectivity index (χ0n) is 9.75. The highest BCUT2D eigenvalue weighted by atomic mass is 79.9. The van der Waals surface area contributed by atoms with E-state index in [-0.39, 0.29) is 11.8 Å². The summed E-state index contributed by atoms with van der Waals surface area (Å²) in [4.78, 5) is 11.8. The Hall–Kier alpha value is -1.03. The van der Waals surface area contributed by atoms with E-state index >= 15 is 0 Å². The highest BCUT2D eigenvalue weighted by Gasteiger charge is 2.17. The molecule has 1 aromatic rings. The SMILES string of the molecule is CC(C)C(C)C(=O)Nc1ccc(Br)cc1N. The van der Waals surface area contributed by atoms with Crippen LogP contribution >= 0.6 is 15.9 Å². The molecule has 0 bridgehead atoms. The van der Waals surface area contributed by atoms with E-state index in [2.05, 4.69) is 21.2 Å². The van der Waals surface area contributed by atoms with E-state index in [0.29, 0.717) is 17.3 Å². The fourth-order valence-electron chi connectivity index (χ4n) is 1.20. The Kier molecular flexibility index (Phi) is 4.35. The Labute approximate surface area is 105 Å². The molecule has 0 aliphatic heterocycles. The van der Waals surface area contributed by atoms with E-state index in [0.717, 1.165) is 4.47 Å². The summed E-state index contributed by atoms with van der Waals surface area (Å²) < 4.78 is 0.903. The topological polar surface area (TPSA) is 55.1 Å². The van der Waals surface area contributed by atoms with Gasteiger partial charge in [-0.1, -0.05) is 36.7 Å². The van der Waals surface area contributed by atoms with Crippen LogP contribution in [0.15, 0.2) is 22.7 Å². The van der Waals surface area contributed by atoms with Gasteiger partial charge in [0.25, 0.3) is 0 Å². The van der Waals surface area contributed by atoms with Gasteiger partial charge in [-0.15, -0.1) is 0 Å². The van der Waals surface area contributed by atoms with E-state index in [4.69, 9.17) is 5.73 Å². The van der Waals surface area contributed by atoms with Crippen molar-refractivity contribution >= 4 is 33.2 Å². The molecule has 1 aromatic carbocycles. The molecule has 88 valence electrons. The minimum absolute atomic E-state index is 0.00372. The smallest absolute Gasteiger partial charge is 0.227 e. The molecule has 1 atom stereocenters. The number of halogens is 1. The predicted molar refractivity (Wildman–Crippen MR) is 71.2 cm³/mol. The van der Waals surface area contributed by atoms with Gasteiger partial charge in [-0.3, -0.25) is 4.79 Å². The summed E-state index contributed by atoms with van der Waals surface area (Å²) in [6.07, 6.45) is 0. The highest BCUT2D eigenvalue weighted by Crippen LogP contribution is 2.24. The molecule has 3 N–H and O–H groups in total. The number of rotatable bonds is 3. The maximum Gasteiger partial charge on any atom is 0.227 e. The first kappa shape index (κ1) is 13.0. The molecule has 16 heavy (non-hydrogen) atoms. The lowest BCUT2D eigenvalue weighted by Gasteiger charge is -2.16. The summed E-state index contributed by atoms with van der Waals surface area (Å²) in [7, 11) is 0. The van der Waals surface area contributed by atoms with Gasteiger partial charge in [0.1, 0.15) is 0 Å². The molecule has 0 radical (unpaired) electrons. The van der Waals surface area contributed by atoms with E-state index in [9.17, 15) is 4.79 Å². The van der Waals surface area contributed by atoms with Gasteiger partial charge in [0.2, 0.25) is 5.91 Å². The summed E-state index contributed by atoms with van der Waals surface area (Å²) >= 11 is 3.32. The maximum absolute atomic E-state index is 11.8. The third-order valence-corrected chi connectivity index (χ3v) is 3.18. The van der Waals surface area contributed by atoms with Crippen molar-refractivity contribution in [3.63, 3.8) is 0 Å². The summed E-state index contributed by atoms with van der Waals surface area (Å²) in [5, 5.41) is 2.83. The van der Waals surface area contributed by atoms with Crippen LogP contribution in [0.25, 0.3) is 0 Å². The lowest BCUT2D eigenvalue weighted by Crippen LogP contribution is -2.24. The van der Waals surface area contributed by atoms with Gasteiger partial charge < -0.3 is 11.1 Å². The molecule has 0 aliphatic carbocycles. The zero-order valence-corrected chi connectivity index (χ0v) is 11.3. The molecule has 0 fully saturated rings. The number of carbonyl (C=O) groups excluding carboxylic acids is 1. The van der Waals surface area contributed by atoms with Crippen LogP contribution < -0.4 is 11.1 Å². The Balaban J connectivity index is 2.77. The number of carbonyl (C=O) groups is 1. The normalized spacial score (nSPS) is 12.6. The molecular weight excluding hydrogens is 268 g/mol. The first-order valence-corrected chi connectivity index (χ1v) is 6.07. The van der Waals surface area contributed by atoms with Crippen molar-refractivity contribution in [1.29, 1.82) is 0 Å². The molecule has 4 heteroatoms. The van der Waals surface area contributed by atoms with Crippen molar-refractivity contribution in [2.24, 2.45) is 11.8 Å². The minimum Gasteiger partial charge on any atom is -0.397 e. The van der Waals surface area contributed by atoms with Crippen molar-refractivity contribution in [3.05, 3.63) is 22.7 Å². The van der Waals surface area contributed by atoms with Gasteiger partial charge >= 0.3 is 0 Å². The highest BCUT2D eigenvalue weighted by molar-refractivity contribution is 9.10. The third-order valence-electron chi connectivity index (χ3n) is 2.69. The Morgan fingerprint density at radius 2 is 2.00 bits per heavy atom. The second-order valence-electron chi connectivity index (χ2n) is 4.25. The molecule has 1 rings (SSSR count). The van der Waals surface area contributed by atoms with Gasteiger partial charge in [-0.2, -0.15) is 0 Å². The first-order valence-electron chi connectivity index (χ1n) is 5.27. The van der Waals surface area contributed by atoms with Crippen molar-refractivity contribution in [3.8, 4) is 0 Å². The maximum atomic E-state index is 11.8. The molecular formula is C12H17BrN2O. The first-order chi connectivity index (χ1) is 7.41. The zero-order chi connectivity index (χ0) is 12.3. The summed E-state index contributed by atoms with van der Waals surface area (Å²) in [6, 6.07) is 5.42. The monoisotopic (exact) mass is 284 g/mol. The Morgan fingerprint density at radius 1 is 1.38 bits per heavy atom. The number of amides is 1. The number of nitrogens with one attached hydrogen (secondary N) is 1. The Bertz CT molecular complexity index is 391. The summed E-state index contributed by atoms with van der Waals surface area (Å²) in [5.74, 6) is 0.295. The number of hydrogen-bond acceptors (Lipinski definition) is 2. The average molecular weight is 285 g/mol. The molecule has 0 aromatic heterocycles. The van der Waals surface area contributed by atoms with E-state index in [1.165, 1.54) is 0 Å².